The van der Waals surface area contributed by atoms with Crippen LogP contribution in [0.5, 0.6) is 0 Å². The summed E-state index contributed by atoms with van der Waals surface area (Å²) in [5, 5.41) is 9.65. The van der Waals surface area contributed by atoms with Crippen LogP contribution in [0, 0.1) is 27.7 Å². The standard InChI is InChI=1S/C25H28N4/c1-18-24(20(3)28(26-18)16-22-11-7-5-8-12-22)15-25-19(2)27-29(21(25)4)17-23-13-9-6-10-14-23/h5-14H,15-17H2,1-4H3. The molecule has 0 spiro atoms. The molecule has 0 radical (unpaired) electrons. The van der Waals surface area contributed by atoms with Crippen LogP contribution in [0.15, 0.2) is 60.7 Å². The first kappa shape index (κ1) is 19.2. The highest BCUT2D eigenvalue weighted by Gasteiger charge is 2.18. The van der Waals surface area contributed by atoms with Gasteiger partial charge in [0.25, 0.3) is 0 Å². The van der Waals surface area contributed by atoms with Gasteiger partial charge >= 0.3 is 0 Å². The third kappa shape index (κ3) is 4.02. The van der Waals surface area contributed by atoms with E-state index in [0.29, 0.717) is 0 Å². The van der Waals surface area contributed by atoms with E-state index < -0.39 is 0 Å². The number of aromatic nitrogens is 4. The van der Waals surface area contributed by atoms with E-state index in [4.69, 9.17) is 10.2 Å². The molecule has 0 aliphatic carbocycles. The summed E-state index contributed by atoms with van der Waals surface area (Å²) in [6.45, 7) is 10.2. The van der Waals surface area contributed by atoms with Crippen molar-refractivity contribution >= 4 is 0 Å². The highest BCUT2D eigenvalue weighted by atomic mass is 15.3. The lowest BCUT2D eigenvalue weighted by atomic mass is 10.0. The summed E-state index contributed by atoms with van der Waals surface area (Å²) in [5.74, 6) is 0. The molecule has 2 aromatic carbocycles. The van der Waals surface area contributed by atoms with Crippen LogP contribution in [0.25, 0.3) is 0 Å². The van der Waals surface area contributed by atoms with Crippen LogP contribution in [-0.2, 0) is 19.5 Å². The first-order chi connectivity index (χ1) is 14.0. The van der Waals surface area contributed by atoms with Gasteiger partial charge in [0.15, 0.2) is 0 Å². The number of nitrogens with zero attached hydrogens (tertiary/aromatic N) is 4. The van der Waals surface area contributed by atoms with E-state index in [-0.39, 0.29) is 0 Å². The molecule has 0 aliphatic rings. The summed E-state index contributed by atoms with van der Waals surface area (Å²) in [6.07, 6.45) is 0.874. The first-order valence-corrected chi connectivity index (χ1v) is 10.2. The van der Waals surface area contributed by atoms with Crippen molar-refractivity contribution < 1.29 is 0 Å². The second kappa shape index (κ2) is 8.08. The summed E-state index contributed by atoms with van der Waals surface area (Å²) >= 11 is 0. The van der Waals surface area contributed by atoms with E-state index in [1.54, 1.807) is 0 Å². The van der Waals surface area contributed by atoms with Crippen molar-refractivity contribution in [1.29, 1.82) is 0 Å². The zero-order valence-electron chi connectivity index (χ0n) is 17.7. The second-order valence-electron chi connectivity index (χ2n) is 7.76. The van der Waals surface area contributed by atoms with Crippen LogP contribution < -0.4 is 0 Å². The fraction of sp³-hybridized carbons (Fsp3) is 0.280. The number of aryl methyl sites for hydroxylation is 2. The van der Waals surface area contributed by atoms with Gasteiger partial charge in [0.2, 0.25) is 0 Å². The highest BCUT2D eigenvalue weighted by molar-refractivity contribution is 5.36. The molecule has 0 unspecified atom stereocenters. The largest absolute Gasteiger partial charge is 0.265 e. The van der Waals surface area contributed by atoms with Crippen molar-refractivity contribution in [3.63, 3.8) is 0 Å². The minimum absolute atomic E-state index is 0.804. The Kier molecular flexibility index (Phi) is 5.34. The second-order valence-corrected chi connectivity index (χ2v) is 7.76. The van der Waals surface area contributed by atoms with E-state index >= 15 is 0 Å². The van der Waals surface area contributed by atoms with Crippen molar-refractivity contribution in [2.75, 3.05) is 0 Å². The number of benzene rings is 2. The molecule has 0 N–H and O–H groups in total. The van der Waals surface area contributed by atoms with Gasteiger partial charge in [0.05, 0.1) is 24.5 Å². The topological polar surface area (TPSA) is 35.6 Å². The van der Waals surface area contributed by atoms with Gasteiger partial charge in [-0.3, -0.25) is 9.36 Å². The maximum absolute atomic E-state index is 4.82. The molecule has 0 fully saturated rings. The van der Waals surface area contributed by atoms with Crippen molar-refractivity contribution in [3.8, 4) is 0 Å². The molecule has 148 valence electrons. The van der Waals surface area contributed by atoms with E-state index in [9.17, 15) is 0 Å². The zero-order valence-corrected chi connectivity index (χ0v) is 17.7. The fourth-order valence-electron chi connectivity index (χ4n) is 3.98. The summed E-state index contributed by atoms with van der Waals surface area (Å²) in [7, 11) is 0. The predicted molar refractivity (Wildman–Crippen MR) is 117 cm³/mol. The van der Waals surface area contributed by atoms with Gasteiger partial charge in [0, 0.05) is 28.9 Å². The Morgan fingerprint density at radius 1 is 0.586 bits per heavy atom. The molecule has 29 heavy (non-hydrogen) atoms. The third-order valence-electron chi connectivity index (χ3n) is 5.77. The van der Waals surface area contributed by atoms with E-state index in [1.165, 1.54) is 33.6 Å². The zero-order chi connectivity index (χ0) is 20.4. The molecule has 0 saturated carbocycles. The van der Waals surface area contributed by atoms with E-state index in [2.05, 4.69) is 97.7 Å². The van der Waals surface area contributed by atoms with Crippen LogP contribution in [-0.4, -0.2) is 19.6 Å². The van der Waals surface area contributed by atoms with Gasteiger partial charge in [-0.15, -0.1) is 0 Å². The molecule has 4 rings (SSSR count). The molecule has 0 bridgehead atoms. The molecular weight excluding hydrogens is 356 g/mol. The monoisotopic (exact) mass is 384 g/mol. The summed E-state index contributed by atoms with van der Waals surface area (Å²) in [5.41, 5.74) is 9.85. The summed E-state index contributed by atoms with van der Waals surface area (Å²) in [4.78, 5) is 0. The molecule has 4 nitrogen and oxygen atoms in total. The van der Waals surface area contributed by atoms with Crippen LogP contribution in [0.3, 0.4) is 0 Å². The normalized spacial score (nSPS) is 11.2. The van der Waals surface area contributed by atoms with Gasteiger partial charge in [-0.2, -0.15) is 10.2 Å². The lowest BCUT2D eigenvalue weighted by molar-refractivity contribution is 0.657. The Balaban J connectivity index is 1.60. The van der Waals surface area contributed by atoms with Gasteiger partial charge in [-0.05, 0) is 38.8 Å². The highest BCUT2D eigenvalue weighted by Crippen LogP contribution is 2.23. The minimum Gasteiger partial charge on any atom is -0.265 e. The lowest BCUT2D eigenvalue weighted by Crippen LogP contribution is -2.05. The lowest BCUT2D eigenvalue weighted by Gasteiger charge is -2.08. The summed E-state index contributed by atoms with van der Waals surface area (Å²) in [6, 6.07) is 21.0. The molecule has 0 amide bonds. The molecule has 0 saturated heterocycles. The third-order valence-corrected chi connectivity index (χ3v) is 5.77. The molecule has 0 aliphatic heterocycles. The van der Waals surface area contributed by atoms with Crippen molar-refractivity contribution in [3.05, 3.63) is 106 Å². The first-order valence-electron chi connectivity index (χ1n) is 10.2. The average molecular weight is 385 g/mol. The Bertz CT molecular complexity index is 1020. The molecule has 4 aromatic rings. The van der Waals surface area contributed by atoms with Crippen LogP contribution in [0.2, 0.25) is 0 Å². The number of rotatable bonds is 6. The SMILES string of the molecule is Cc1nn(Cc2ccccc2)c(C)c1Cc1c(C)nn(Cc2ccccc2)c1C. The molecule has 4 heteroatoms. The maximum atomic E-state index is 4.82. The Morgan fingerprint density at radius 2 is 0.966 bits per heavy atom. The van der Waals surface area contributed by atoms with Crippen molar-refractivity contribution in [1.82, 2.24) is 19.6 Å². The van der Waals surface area contributed by atoms with Gasteiger partial charge in [-0.25, -0.2) is 0 Å². The van der Waals surface area contributed by atoms with Crippen LogP contribution in [0.4, 0.5) is 0 Å². The smallest absolute Gasteiger partial charge is 0.0662 e. The van der Waals surface area contributed by atoms with Crippen molar-refractivity contribution in [2.45, 2.75) is 47.2 Å². The van der Waals surface area contributed by atoms with Gasteiger partial charge in [-0.1, -0.05) is 60.7 Å². The van der Waals surface area contributed by atoms with Crippen LogP contribution in [0.1, 0.15) is 45.0 Å². The van der Waals surface area contributed by atoms with E-state index in [1.807, 2.05) is 0 Å². The Hall–Kier alpha value is -3.14. The van der Waals surface area contributed by atoms with Crippen LogP contribution >= 0.6 is 0 Å². The Morgan fingerprint density at radius 3 is 1.34 bits per heavy atom. The average Bonchev–Trinajstić information content (AvgIpc) is 3.14. The summed E-state index contributed by atoms with van der Waals surface area (Å²) < 4.78 is 4.25. The number of hydrogen-bond acceptors (Lipinski definition) is 2. The van der Waals surface area contributed by atoms with Gasteiger partial charge in [0.1, 0.15) is 0 Å². The molecule has 2 aromatic heterocycles. The number of hydrogen-bond donors (Lipinski definition) is 0. The fourth-order valence-corrected chi connectivity index (χ4v) is 3.98. The minimum atomic E-state index is 0.804. The Labute approximate surface area is 172 Å². The predicted octanol–water partition coefficient (Wildman–Crippen LogP) is 5.00. The molecule has 2 heterocycles. The van der Waals surface area contributed by atoms with Crippen molar-refractivity contribution in [2.24, 2.45) is 0 Å². The van der Waals surface area contributed by atoms with E-state index in [0.717, 1.165) is 30.9 Å². The molecule has 0 atom stereocenters. The van der Waals surface area contributed by atoms with Gasteiger partial charge < -0.3 is 0 Å². The maximum Gasteiger partial charge on any atom is 0.0662 e. The quantitative estimate of drug-likeness (QED) is 0.469. The molecular formula is C25H28N4.